The van der Waals surface area contributed by atoms with E-state index in [9.17, 15) is 14.3 Å². The molecular weight excluding hydrogens is 273 g/mol. The summed E-state index contributed by atoms with van der Waals surface area (Å²) in [7, 11) is 0. The second-order valence-corrected chi connectivity index (χ2v) is 5.28. The minimum atomic E-state index is -1.01. The number of urea groups is 1. The first kappa shape index (κ1) is 16.9. The average Bonchev–Trinajstić information content (AvgIpc) is 2.46. The van der Waals surface area contributed by atoms with Gasteiger partial charge in [0.25, 0.3) is 0 Å². The van der Waals surface area contributed by atoms with Crippen LogP contribution in [0.4, 0.5) is 14.9 Å². The molecule has 3 N–H and O–H groups in total. The van der Waals surface area contributed by atoms with Crippen molar-refractivity contribution in [3.8, 4) is 6.07 Å². The van der Waals surface area contributed by atoms with Crippen molar-refractivity contribution in [3.05, 3.63) is 29.6 Å². The predicted molar refractivity (Wildman–Crippen MR) is 78.2 cm³/mol. The van der Waals surface area contributed by atoms with Gasteiger partial charge in [0, 0.05) is 12.2 Å². The minimum Gasteiger partial charge on any atom is -0.388 e. The molecule has 0 radical (unpaired) electrons. The lowest BCUT2D eigenvalue weighted by Crippen LogP contribution is -2.46. The van der Waals surface area contributed by atoms with E-state index in [1.807, 2.05) is 13.8 Å². The highest BCUT2D eigenvalue weighted by molar-refractivity contribution is 5.89. The van der Waals surface area contributed by atoms with Gasteiger partial charge in [0.2, 0.25) is 0 Å². The lowest BCUT2D eigenvalue weighted by Gasteiger charge is -2.29. The maximum absolute atomic E-state index is 13.2. The average molecular weight is 293 g/mol. The van der Waals surface area contributed by atoms with Crippen LogP contribution in [-0.2, 0) is 0 Å². The molecule has 0 saturated heterocycles. The fourth-order valence-electron chi connectivity index (χ4n) is 1.74. The Balaban J connectivity index is 2.61. The van der Waals surface area contributed by atoms with Crippen molar-refractivity contribution in [2.45, 2.75) is 32.8 Å². The number of hydrogen-bond donors (Lipinski definition) is 3. The number of benzene rings is 1. The van der Waals surface area contributed by atoms with Crippen molar-refractivity contribution in [3.63, 3.8) is 0 Å². The number of nitrogens with zero attached hydrogens (tertiary/aromatic N) is 1. The number of nitriles is 1. The highest BCUT2D eigenvalue weighted by atomic mass is 19.1. The summed E-state index contributed by atoms with van der Waals surface area (Å²) in [5.74, 6) is -0.600. The normalized spacial score (nSPS) is 14.7. The molecule has 0 aliphatic carbocycles. The molecule has 0 aliphatic rings. The molecule has 1 rings (SSSR count). The summed E-state index contributed by atoms with van der Waals surface area (Å²) in [6, 6.07) is 4.91. The molecule has 5 nitrogen and oxygen atoms in total. The van der Waals surface area contributed by atoms with E-state index in [1.54, 1.807) is 13.0 Å². The second kappa shape index (κ2) is 7.04. The van der Waals surface area contributed by atoms with Crippen LogP contribution in [0.15, 0.2) is 18.2 Å². The lowest BCUT2D eigenvalue weighted by molar-refractivity contribution is 0.00827. The highest BCUT2D eigenvalue weighted by Crippen LogP contribution is 2.19. The largest absolute Gasteiger partial charge is 0.388 e. The maximum atomic E-state index is 13.2. The SMILES string of the molecule is CCC(C)C(C)(O)CNC(=O)Nc1ccc(F)c(C#N)c1. The third kappa shape index (κ3) is 4.72. The van der Waals surface area contributed by atoms with Gasteiger partial charge in [0.1, 0.15) is 11.9 Å². The van der Waals surface area contributed by atoms with Crippen LogP contribution >= 0.6 is 0 Å². The molecule has 1 aromatic carbocycles. The summed E-state index contributed by atoms with van der Waals surface area (Å²) in [6.07, 6.45) is 0.791. The van der Waals surface area contributed by atoms with Crippen molar-refractivity contribution in [2.75, 3.05) is 11.9 Å². The van der Waals surface area contributed by atoms with Gasteiger partial charge in [-0.25, -0.2) is 9.18 Å². The van der Waals surface area contributed by atoms with Crippen molar-refractivity contribution in [1.82, 2.24) is 5.32 Å². The molecule has 114 valence electrons. The first-order valence-corrected chi connectivity index (χ1v) is 6.77. The molecule has 2 amide bonds. The molecule has 0 spiro atoms. The number of carbonyl (C=O) groups excluding carboxylic acids is 1. The van der Waals surface area contributed by atoms with E-state index in [4.69, 9.17) is 5.26 Å². The summed E-state index contributed by atoms with van der Waals surface area (Å²) < 4.78 is 13.2. The zero-order valence-electron chi connectivity index (χ0n) is 12.4. The predicted octanol–water partition coefficient (Wildman–Crippen LogP) is 2.62. The molecule has 2 unspecified atom stereocenters. The number of hydrogen-bond acceptors (Lipinski definition) is 3. The molecule has 0 aromatic heterocycles. The van der Waals surface area contributed by atoms with Gasteiger partial charge in [-0.05, 0) is 31.0 Å². The van der Waals surface area contributed by atoms with Crippen LogP contribution in [0.2, 0.25) is 0 Å². The fraction of sp³-hybridized carbons (Fsp3) is 0.467. The summed E-state index contributed by atoms with van der Waals surface area (Å²) in [5.41, 5.74) is -0.833. The van der Waals surface area contributed by atoms with Gasteiger partial charge in [0.05, 0.1) is 11.2 Å². The first-order chi connectivity index (χ1) is 9.80. The Morgan fingerprint density at radius 3 is 2.81 bits per heavy atom. The van der Waals surface area contributed by atoms with E-state index >= 15 is 0 Å². The number of anilines is 1. The topological polar surface area (TPSA) is 85.2 Å². The molecule has 0 bridgehead atoms. The third-order valence-corrected chi connectivity index (χ3v) is 3.63. The molecular formula is C15H20FN3O2. The van der Waals surface area contributed by atoms with E-state index in [0.717, 1.165) is 12.5 Å². The number of rotatable bonds is 5. The van der Waals surface area contributed by atoms with Gasteiger partial charge in [-0.1, -0.05) is 20.3 Å². The maximum Gasteiger partial charge on any atom is 0.319 e. The van der Waals surface area contributed by atoms with Crippen LogP contribution in [0.3, 0.4) is 0 Å². The standard InChI is InChI=1S/C15H20FN3O2/c1-4-10(2)15(3,21)9-18-14(20)19-12-5-6-13(16)11(7-12)8-17/h5-7,10,21H,4,9H2,1-3H3,(H2,18,19,20). The summed E-state index contributed by atoms with van der Waals surface area (Å²) in [6.45, 7) is 5.62. The Morgan fingerprint density at radius 1 is 1.57 bits per heavy atom. The smallest absolute Gasteiger partial charge is 0.319 e. The van der Waals surface area contributed by atoms with Crippen LogP contribution in [0.1, 0.15) is 32.8 Å². The van der Waals surface area contributed by atoms with Gasteiger partial charge in [0.15, 0.2) is 0 Å². The van der Waals surface area contributed by atoms with Crippen molar-refractivity contribution >= 4 is 11.7 Å². The van der Waals surface area contributed by atoms with Crippen LogP contribution in [0.5, 0.6) is 0 Å². The van der Waals surface area contributed by atoms with Gasteiger partial charge in [-0.3, -0.25) is 0 Å². The van der Waals surface area contributed by atoms with E-state index < -0.39 is 17.4 Å². The van der Waals surface area contributed by atoms with E-state index in [-0.39, 0.29) is 18.0 Å². The molecule has 2 atom stereocenters. The monoisotopic (exact) mass is 293 g/mol. The van der Waals surface area contributed by atoms with Gasteiger partial charge >= 0.3 is 6.03 Å². The Kier molecular flexibility index (Phi) is 5.68. The van der Waals surface area contributed by atoms with Gasteiger partial charge in [-0.2, -0.15) is 5.26 Å². The van der Waals surface area contributed by atoms with E-state index in [0.29, 0.717) is 5.69 Å². The molecule has 0 saturated carbocycles. The van der Waals surface area contributed by atoms with Gasteiger partial charge in [-0.15, -0.1) is 0 Å². The van der Waals surface area contributed by atoms with Gasteiger partial charge < -0.3 is 15.7 Å². The minimum absolute atomic E-state index is 0.0359. The Labute approximate surface area is 123 Å². The number of aliphatic hydroxyl groups is 1. The zero-order valence-corrected chi connectivity index (χ0v) is 12.4. The molecule has 0 heterocycles. The van der Waals surface area contributed by atoms with Crippen molar-refractivity contribution < 1.29 is 14.3 Å². The van der Waals surface area contributed by atoms with Crippen molar-refractivity contribution in [1.29, 1.82) is 5.26 Å². The Morgan fingerprint density at radius 2 is 2.24 bits per heavy atom. The summed E-state index contributed by atoms with van der Waals surface area (Å²) >= 11 is 0. The van der Waals surface area contributed by atoms with Crippen LogP contribution < -0.4 is 10.6 Å². The number of halogens is 1. The molecule has 1 aromatic rings. The quantitative estimate of drug-likeness (QED) is 0.780. The molecule has 21 heavy (non-hydrogen) atoms. The summed E-state index contributed by atoms with van der Waals surface area (Å²) in [5, 5.41) is 24.0. The Hall–Kier alpha value is -2.13. The third-order valence-electron chi connectivity index (χ3n) is 3.63. The first-order valence-electron chi connectivity index (χ1n) is 6.77. The molecule has 0 fully saturated rings. The Bertz CT molecular complexity index is 552. The van der Waals surface area contributed by atoms with Crippen LogP contribution in [0.25, 0.3) is 0 Å². The summed E-state index contributed by atoms with van der Waals surface area (Å²) in [4.78, 5) is 11.7. The zero-order chi connectivity index (χ0) is 16.0. The van der Waals surface area contributed by atoms with E-state index in [2.05, 4.69) is 10.6 Å². The van der Waals surface area contributed by atoms with Crippen LogP contribution in [-0.4, -0.2) is 23.3 Å². The highest BCUT2D eigenvalue weighted by Gasteiger charge is 2.27. The molecule has 0 aliphatic heterocycles. The number of carbonyl (C=O) groups is 1. The van der Waals surface area contributed by atoms with Crippen LogP contribution in [0, 0.1) is 23.1 Å². The second-order valence-electron chi connectivity index (χ2n) is 5.28. The van der Waals surface area contributed by atoms with E-state index in [1.165, 1.54) is 12.1 Å². The van der Waals surface area contributed by atoms with Crippen molar-refractivity contribution in [2.24, 2.45) is 5.92 Å². The number of nitrogens with one attached hydrogen (secondary N) is 2. The number of amides is 2. The fourth-order valence-corrected chi connectivity index (χ4v) is 1.74. The molecule has 6 heteroatoms. The lowest BCUT2D eigenvalue weighted by atomic mass is 9.89.